The van der Waals surface area contributed by atoms with Crippen LogP contribution in [0.5, 0.6) is 0 Å². The summed E-state index contributed by atoms with van der Waals surface area (Å²) in [7, 11) is 0. The predicted molar refractivity (Wildman–Crippen MR) is 41.8 cm³/mol. The maximum absolute atomic E-state index is 4.22. The number of hydrogen-bond donors (Lipinski definition) is 0. The number of hydrogen-bond acceptors (Lipinski definition) is 1. The summed E-state index contributed by atoms with van der Waals surface area (Å²) in [4.78, 5) is 0. The lowest BCUT2D eigenvalue weighted by Crippen LogP contribution is -1.96. The molecule has 0 unspecified atom stereocenters. The largest absolute Gasteiger partial charge is 0.272 e. The van der Waals surface area contributed by atoms with E-state index in [0.29, 0.717) is 0 Å². The Morgan fingerprint density at radius 3 is 3.10 bits per heavy atom. The van der Waals surface area contributed by atoms with Gasteiger partial charge in [-0.3, -0.25) is 4.68 Å². The molecule has 1 aromatic heterocycles. The summed E-state index contributed by atoms with van der Waals surface area (Å²) >= 11 is 0. The second kappa shape index (κ2) is 3.20. The normalized spacial score (nSPS) is 9.70. The van der Waals surface area contributed by atoms with Gasteiger partial charge in [0.1, 0.15) is 0 Å². The van der Waals surface area contributed by atoms with Crippen molar-refractivity contribution in [3.63, 3.8) is 0 Å². The van der Waals surface area contributed by atoms with Crippen LogP contribution in [0, 0.1) is 6.92 Å². The average molecular weight is 136 g/mol. The number of rotatable bonds is 3. The van der Waals surface area contributed by atoms with Crippen molar-refractivity contribution in [2.75, 3.05) is 0 Å². The van der Waals surface area contributed by atoms with Gasteiger partial charge < -0.3 is 0 Å². The molecular weight excluding hydrogens is 124 g/mol. The fourth-order valence-electron chi connectivity index (χ4n) is 0.811. The van der Waals surface area contributed by atoms with Crippen LogP contribution in [0.1, 0.15) is 12.1 Å². The summed E-state index contributed by atoms with van der Waals surface area (Å²) in [5, 5.41) is 4.22. The lowest BCUT2D eigenvalue weighted by atomic mass is 10.4. The molecule has 0 saturated heterocycles. The number of allylic oxidation sites excluding steroid dienone is 1. The molecule has 1 rings (SSSR count). The zero-order valence-electron chi connectivity index (χ0n) is 6.25. The first kappa shape index (κ1) is 7.06. The number of aryl methyl sites for hydroxylation is 2. The Hall–Kier alpha value is -1.05. The first-order valence-corrected chi connectivity index (χ1v) is 3.44. The summed E-state index contributed by atoms with van der Waals surface area (Å²) in [6.07, 6.45) is 4.87. The molecule has 0 fully saturated rings. The van der Waals surface area contributed by atoms with Crippen LogP contribution in [0.2, 0.25) is 0 Å². The van der Waals surface area contributed by atoms with Crippen LogP contribution in [0.25, 0.3) is 0 Å². The molecule has 0 N–H and O–H groups in total. The van der Waals surface area contributed by atoms with Crippen molar-refractivity contribution in [3.05, 3.63) is 30.6 Å². The van der Waals surface area contributed by atoms with E-state index in [1.54, 1.807) is 0 Å². The Kier molecular flexibility index (Phi) is 2.26. The van der Waals surface area contributed by atoms with E-state index < -0.39 is 0 Å². The number of aromatic nitrogens is 2. The standard InChI is InChI=1S/C8H12N2/c1-3-4-6-10-7-5-8(2)9-10/h3,5,7H,1,4,6H2,2H3. The Labute approximate surface area is 61.2 Å². The van der Waals surface area contributed by atoms with E-state index in [2.05, 4.69) is 11.7 Å². The molecular formula is C8H12N2. The Balaban J connectivity index is 2.49. The molecule has 2 nitrogen and oxygen atoms in total. The van der Waals surface area contributed by atoms with Gasteiger partial charge in [0.15, 0.2) is 0 Å². The van der Waals surface area contributed by atoms with Gasteiger partial charge in [0, 0.05) is 12.7 Å². The first-order valence-electron chi connectivity index (χ1n) is 3.44. The molecule has 0 bridgehead atoms. The Morgan fingerprint density at radius 2 is 2.60 bits per heavy atom. The molecule has 0 aliphatic rings. The Bertz CT molecular complexity index is 213. The van der Waals surface area contributed by atoms with E-state index in [1.807, 2.05) is 29.9 Å². The van der Waals surface area contributed by atoms with Crippen LogP contribution in [0.15, 0.2) is 24.9 Å². The highest BCUT2D eigenvalue weighted by molar-refractivity contribution is 4.94. The molecule has 10 heavy (non-hydrogen) atoms. The maximum Gasteiger partial charge on any atom is 0.0593 e. The summed E-state index contributed by atoms with van der Waals surface area (Å²) in [5.41, 5.74) is 1.07. The fraction of sp³-hybridized carbons (Fsp3) is 0.375. The molecule has 0 radical (unpaired) electrons. The smallest absolute Gasteiger partial charge is 0.0593 e. The van der Waals surface area contributed by atoms with E-state index in [4.69, 9.17) is 0 Å². The van der Waals surface area contributed by atoms with E-state index in [-0.39, 0.29) is 0 Å². The van der Waals surface area contributed by atoms with Crippen LogP contribution in [0.4, 0.5) is 0 Å². The van der Waals surface area contributed by atoms with Gasteiger partial charge in [-0.25, -0.2) is 0 Å². The average Bonchev–Trinajstić information content (AvgIpc) is 2.31. The summed E-state index contributed by atoms with van der Waals surface area (Å²) < 4.78 is 1.93. The van der Waals surface area contributed by atoms with Crippen LogP contribution >= 0.6 is 0 Å². The van der Waals surface area contributed by atoms with Gasteiger partial charge in [-0.2, -0.15) is 5.10 Å². The van der Waals surface area contributed by atoms with E-state index in [1.165, 1.54) is 0 Å². The number of nitrogens with zero attached hydrogens (tertiary/aromatic N) is 2. The van der Waals surface area contributed by atoms with Gasteiger partial charge in [-0.05, 0) is 19.4 Å². The van der Waals surface area contributed by atoms with Crippen molar-refractivity contribution in [2.45, 2.75) is 19.9 Å². The molecule has 54 valence electrons. The van der Waals surface area contributed by atoms with Crippen molar-refractivity contribution in [2.24, 2.45) is 0 Å². The third-order valence-corrected chi connectivity index (χ3v) is 1.34. The second-order valence-corrected chi connectivity index (χ2v) is 2.30. The second-order valence-electron chi connectivity index (χ2n) is 2.30. The van der Waals surface area contributed by atoms with Gasteiger partial charge in [0.25, 0.3) is 0 Å². The van der Waals surface area contributed by atoms with Crippen molar-refractivity contribution in [1.82, 2.24) is 9.78 Å². The minimum absolute atomic E-state index is 0.942. The first-order chi connectivity index (χ1) is 4.83. The van der Waals surface area contributed by atoms with Gasteiger partial charge in [-0.1, -0.05) is 6.08 Å². The zero-order valence-corrected chi connectivity index (χ0v) is 6.25. The van der Waals surface area contributed by atoms with Crippen molar-refractivity contribution >= 4 is 0 Å². The Morgan fingerprint density at radius 1 is 1.80 bits per heavy atom. The van der Waals surface area contributed by atoms with Gasteiger partial charge >= 0.3 is 0 Å². The van der Waals surface area contributed by atoms with Gasteiger partial charge in [0.2, 0.25) is 0 Å². The van der Waals surface area contributed by atoms with Gasteiger partial charge in [-0.15, -0.1) is 6.58 Å². The molecule has 0 aliphatic carbocycles. The lowest BCUT2D eigenvalue weighted by Gasteiger charge is -1.94. The summed E-state index contributed by atoms with van der Waals surface area (Å²) in [6, 6.07) is 2.00. The van der Waals surface area contributed by atoms with Crippen LogP contribution in [0.3, 0.4) is 0 Å². The monoisotopic (exact) mass is 136 g/mol. The van der Waals surface area contributed by atoms with Crippen molar-refractivity contribution < 1.29 is 0 Å². The lowest BCUT2D eigenvalue weighted by molar-refractivity contribution is 0.619. The van der Waals surface area contributed by atoms with Gasteiger partial charge in [0.05, 0.1) is 5.69 Å². The van der Waals surface area contributed by atoms with E-state index in [0.717, 1.165) is 18.7 Å². The summed E-state index contributed by atoms with van der Waals surface area (Å²) in [5.74, 6) is 0. The molecule has 0 aliphatic heterocycles. The third kappa shape index (κ3) is 1.72. The minimum atomic E-state index is 0.942. The highest BCUT2D eigenvalue weighted by Crippen LogP contribution is 1.94. The maximum atomic E-state index is 4.22. The molecule has 1 heterocycles. The van der Waals surface area contributed by atoms with Crippen LogP contribution in [-0.4, -0.2) is 9.78 Å². The van der Waals surface area contributed by atoms with Crippen molar-refractivity contribution in [3.8, 4) is 0 Å². The topological polar surface area (TPSA) is 17.8 Å². The quantitative estimate of drug-likeness (QED) is 0.579. The molecule has 1 aromatic rings. The van der Waals surface area contributed by atoms with Crippen LogP contribution < -0.4 is 0 Å². The third-order valence-electron chi connectivity index (χ3n) is 1.34. The fourth-order valence-corrected chi connectivity index (χ4v) is 0.811. The highest BCUT2D eigenvalue weighted by atomic mass is 15.3. The summed E-state index contributed by atoms with van der Waals surface area (Å²) in [6.45, 7) is 6.57. The van der Waals surface area contributed by atoms with Crippen molar-refractivity contribution in [1.29, 1.82) is 0 Å². The van der Waals surface area contributed by atoms with Crippen LogP contribution in [-0.2, 0) is 6.54 Å². The molecule has 0 aromatic carbocycles. The molecule has 2 heteroatoms. The van der Waals surface area contributed by atoms with E-state index >= 15 is 0 Å². The molecule has 0 spiro atoms. The minimum Gasteiger partial charge on any atom is -0.272 e. The predicted octanol–water partition coefficient (Wildman–Crippen LogP) is 1.77. The molecule has 0 saturated carbocycles. The SMILES string of the molecule is C=CCCn1ccc(C)n1. The van der Waals surface area contributed by atoms with E-state index in [9.17, 15) is 0 Å². The highest BCUT2D eigenvalue weighted by Gasteiger charge is 1.89. The zero-order chi connectivity index (χ0) is 7.40. The molecule has 0 amide bonds. The molecule has 0 atom stereocenters.